The number of nitrogens with one attached hydrogen (secondary N) is 2. The lowest BCUT2D eigenvalue weighted by Gasteiger charge is -2.05. The van der Waals surface area contributed by atoms with Crippen LogP contribution in [-0.2, 0) is 4.79 Å². The Morgan fingerprint density at radius 2 is 2.14 bits per heavy atom. The van der Waals surface area contributed by atoms with Gasteiger partial charge in [-0.3, -0.25) is 4.79 Å². The van der Waals surface area contributed by atoms with Crippen molar-refractivity contribution in [2.75, 3.05) is 12.4 Å². The summed E-state index contributed by atoms with van der Waals surface area (Å²) in [5, 5.41) is 8.76. The number of hydrogen-bond donors (Lipinski definition) is 2. The third-order valence-electron chi connectivity index (χ3n) is 3.98. The Balaban J connectivity index is 1.59. The molecule has 5 heteroatoms. The van der Waals surface area contributed by atoms with Gasteiger partial charge < -0.3 is 10.6 Å². The van der Waals surface area contributed by atoms with E-state index in [0.29, 0.717) is 11.0 Å². The Bertz CT molecular complexity index is 625. The highest BCUT2D eigenvalue weighted by molar-refractivity contribution is 7.13. The van der Waals surface area contributed by atoms with Crippen molar-refractivity contribution < 1.29 is 4.79 Å². The van der Waals surface area contributed by atoms with E-state index in [0.717, 1.165) is 12.1 Å². The van der Waals surface area contributed by atoms with Gasteiger partial charge in [-0.2, -0.15) is 0 Å². The van der Waals surface area contributed by atoms with Crippen LogP contribution in [0.3, 0.4) is 0 Å². The summed E-state index contributed by atoms with van der Waals surface area (Å²) in [4.78, 5) is 16.7. The van der Waals surface area contributed by atoms with E-state index < -0.39 is 0 Å². The lowest BCUT2D eigenvalue weighted by atomic mass is 10.1. The maximum absolute atomic E-state index is 12.2. The van der Waals surface area contributed by atoms with Crippen LogP contribution in [0.5, 0.6) is 0 Å². The molecule has 0 aliphatic heterocycles. The maximum Gasteiger partial charge on any atom is 0.229 e. The molecule has 1 aliphatic carbocycles. The fourth-order valence-corrected chi connectivity index (χ4v) is 3.25. The smallest absolute Gasteiger partial charge is 0.229 e. The first-order chi connectivity index (χ1) is 10.2. The molecule has 110 valence electrons. The van der Waals surface area contributed by atoms with Gasteiger partial charge in [-0.25, -0.2) is 4.98 Å². The molecule has 0 saturated heterocycles. The van der Waals surface area contributed by atoms with Crippen molar-refractivity contribution in [3.63, 3.8) is 0 Å². The first-order valence-corrected chi connectivity index (χ1v) is 8.05. The van der Waals surface area contributed by atoms with Crippen LogP contribution < -0.4 is 10.6 Å². The second kappa shape index (κ2) is 5.95. The lowest BCUT2D eigenvalue weighted by Crippen LogP contribution is -2.15. The molecule has 4 nitrogen and oxygen atoms in total. The number of hydrogen-bond acceptors (Lipinski definition) is 4. The first kappa shape index (κ1) is 14.2. The van der Waals surface area contributed by atoms with Gasteiger partial charge in [0.15, 0.2) is 5.13 Å². The molecule has 1 aromatic heterocycles. The number of rotatable bonds is 5. The van der Waals surface area contributed by atoms with Crippen molar-refractivity contribution in [1.82, 2.24) is 10.3 Å². The zero-order valence-corrected chi connectivity index (χ0v) is 13.0. The molecule has 0 radical (unpaired) electrons. The number of amides is 1. The molecule has 3 atom stereocenters. The van der Waals surface area contributed by atoms with Crippen LogP contribution in [0.4, 0.5) is 5.13 Å². The Morgan fingerprint density at radius 3 is 2.86 bits per heavy atom. The molecular weight excluding hydrogens is 282 g/mol. The minimum absolute atomic E-state index is 0.0847. The monoisotopic (exact) mass is 301 g/mol. The van der Waals surface area contributed by atoms with Crippen molar-refractivity contribution in [1.29, 1.82) is 0 Å². The maximum atomic E-state index is 12.2. The summed E-state index contributed by atoms with van der Waals surface area (Å²) in [6, 6.07) is 10.4. The summed E-state index contributed by atoms with van der Waals surface area (Å²) in [6.07, 6.45) is 0.932. The molecule has 1 fully saturated rings. The summed E-state index contributed by atoms with van der Waals surface area (Å²) in [5.74, 6) is 0.533. The summed E-state index contributed by atoms with van der Waals surface area (Å²) in [5.41, 5.74) is 2.22. The van der Waals surface area contributed by atoms with E-state index in [9.17, 15) is 4.79 Å². The molecule has 2 N–H and O–H groups in total. The Morgan fingerprint density at radius 1 is 1.38 bits per heavy atom. The second-order valence-electron chi connectivity index (χ2n) is 5.44. The van der Waals surface area contributed by atoms with E-state index in [-0.39, 0.29) is 17.9 Å². The molecule has 3 unspecified atom stereocenters. The molecule has 3 rings (SSSR count). The Kier molecular flexibility index (Phi) is 4.03. The number of nitrogens with zero attached hydrogens (tertiary/aromatic N) is 1. The molecule has 0 bridgehead atoms. The van der Waals surface area contributed by atoms with Crippen molar-refractivity contribution in [3.05, 3.63) is 47.0 Å². The zero-order chi connectivity index (χ0) is 14.8. The van der Waals surface area contributed by atoms with Gasteiger partial charge in [-0.05, 0) is 31.9 Å². The van der Waals surface area contributed by atoms with Crippen molar-refractivity contribution in [2.45, 2.75) is 25.3 Å². The molecular formula is C16H19N3OS. The molecule has 1 aromatic carbocycles. The highest BCUT2D eigenvalue weighted by atomic mass is 32.1. The topological polar surface area (TPSA) is 54.0 Å². The number of thiazole rings is 1. The van der Waals surface area contributed by atoms with E-state index in [1.165, 1.54) is 16.9 Å². The van der Waals surface area contributed by atoms with Gasteiger partial charge in [-0.15, -0.1) is 11.3 Å². The highest BCUT2D eigenvalue weighted by Crippen LogP contribution is 2.47. The predicted octanol–water partition coefficient (Wildman–Crippen LogP) is 3.17. The van der Waals surface area contributed by atoms with Crippen LogP contribution >= 0.6 is 11.3 Å². The summed E-state index contributed by atoms with van der Waals surface area (Å²) >= 11 is 1.48. The van der Waals surface area contributed by atoms with Gasteiger partial charge in [0.25, 0.3) is 0 Å². The van der Waals surface area contributed by atoms with E-state index >= 15 is 0 Å². The van der Waals surface area contributed by atoms with Crippen molar-refractivity contribution in [2.24, 2.45) is 5.92 Å². The number of carbonyl (C=O) groups is 1. The van der Waals surface area contributed by atoms with E-state index in [4.69, 9.17) is 0 Å². The lowest BCUT2D eigenvalue weighted by molar-refractivity contribution is -0.117. The quantitative estimate of drug-likeness (QED) is 0.892. The number of benzene rings is 1. The molecule has 2 aromatic rings. The fraction of sp³-hybridized carbons (Fsp3) is 0.375. The number of carbonyl (C=O) groups excluding carboxylic acids is 1. The molecule has 0 spiro atoms. The van der Waals surface area contributed by atoms with Crippen LogP contribution in [0.2, 0.25) is 0 Å². The first-order valence-electron chi connectivity index (χ1n) is 7.17. The van der Waals surface area contributed by atoms with Gasteiger partial charge in [0, 0.05) is 17.3 Å². The second-order valence-corrected chi connectivity index (χ2v) is 6.29. The summed E-state index contributed by atoms with van der Waals surface area (Å²) in [7, 11) is 1.90. The van der Waals surface area contributed by atoms with Crippen LogP contribution in [0, 0.1) is 5.92 Å². The minimum atomic E-state index is 0.0847. The number of anilines is 1. The molecule has 1 saturated carbocycles. The Labute approximate surface area is 128 Å². The van der Waals surface area contributed by atoms with Crippen LogP contribution in [0.15, 0.2) is 35.7 Å². The molecule has 1 aliphatic rings. The average molecular weight is 301 g/mol. The standard InChI is InChI=1S/C16H19N3OS/c1-10(17-2)14-9-21-16(18-14)19-15(20)13-8-12(13)11-6-4-3-5-7-11/h3-7,9-10,12-13,17H,8H2,1-2H3,(H,18,19,20). The van der Waals surface area contributed by atoms with Gasteiger partial charge in [0.1, 0.15) is 0 Å². The van der Waals surface area contributed by atoms with Gasteiger partial charge in [-0.1, -0.05) is 30.3 Å². The number of aromatic nitrogens is 1. The summed E-state index contributed by atoms with van der Waals surface area (Å²) < 4.78 is 0. The predicted molar refractivity (Wildman–Crippen MR) is 85.5 cm³/mol. The normalized spacial score (nSPS) is 21.8. The molecule has 1 heterocycles. The van der Waals surface area contributed by atoms with Crippen LogP contribution in [-0.4, -0.2) is 17.9 Å². The van der Waals surface area contributed by atoms with Gasteiger partial charge in [0.05, 0.1) is 5.69 Å². The van der Waals surface area contributed by atoms with E-state index in [2.05, 4.69) is 27.8 Å². The highest BCUT2D eigenvalue weighted by Gasteiger charge is 2.44. The molecule has 1 amide bonds. The largest absolute Gasteiger partial charge is 0.312 e. The van der Waals surface area contributed by atoms with E-state index in [1.807, 2.05) is 37.6 Å². The fourth-order valence-electron chi connectivity index (χ4n) is 2.44. The van der Waals surface area contributed by atoms with Crippen molar-refractivity contribution >= 4 is 22.4 Å². The van der Waals surface area contributed by atoms with Gasteiger partial charge in [0.2, 0.25) is 5.91 Å². The van der Waals surface area contributed by atoms with Crippen LogP contribution in [0.1, 0.15) is 36.6 Å². The summed E-state index contributed by atoms with van der Waals surface area (Å²) in [6.45, 7) is 2.05. The SMILES string of the molecule is CNC(C)c1csc(NC(=O)C2CC2c2ccccc2)n1. The minimum Gasteiger partial charge on any atom is -0.312 e. The van der Waals surface area contributed by atoms with Gasteiger partial charge >= 0.3 is 0 Å². The molecule has 21 heavy (non-hydrogen) atoms. The third-order valence-corrected chi connectivity index (χ3v) is 4.76. The van der Waals surface area contributed by atoms with Crippen LogP contribution in [0.25, 0.3) is 0 Å². The third kappa shape index (κ3) is 3.14. The Hall–Kier alpha value is -1.72. The average Bonchev–Trinajstić information content (AvgIpc) is 3.20. The van der Waals surface area contributed by atoms with E-state index in [1.54, 1.807) is 0 Å². The zero-order valence-electron chi connectivity index (χ0n) is 12.2. The van der Waals surface area contributed by atoms with Crippen molar-refractivity contribution in [3.8, 4) is 0 Å².